The number of para-hydroxylation sites is 2. The molecule has 4 heterocycles. The fraction of sp³-hybridized carbons (Fsp3) is 0. The van der Waals surface area contributed by atoms with Gasteiger partial charge >= 0.3 is 0 Å². The number of fused-ring (bicyclic) bond motifs is 8. The van der Waals surface area contributed by atoms with Crippen LogP contribution in [0.25, 0.3) is 109 Å². The normalized spacial score (nSPS) is 12.6. The van der Waals surface area contributed by atoms with Crippen LogP contribution in [0.4, 0.5) is 0 Å². The molecule has 0 radical (unpaired) electrons. The molecule has 4 aromatic heterocycles. The average molecular weight is 761 g/mol. The van der Waals surface area contributed by atoms with E-state index in [1.807, 2.05) is 84.9 Å². The summed E-state index contributed by atoms with van der Waals surface area (Å²) in [6.07, 6.45) is 0. The molecule has 270 valence electrons. The predicted molar refractivity (Wildman–Crippen MR) is 240 cm³/mol. The fourth-order valence-electron chi connectivity index (χ4n) is 9.26. The molecule has 0 unspecified atom stereocenters. The van der Waals surface area contributed by atoms with Gasteiger partial charge in [0.05, 0.1) is 11.0 Å². The van der Waals surface area contributed by atoms with Gasteiger partial charge in [-0.15, -0.1) is 0 Å². The van der Waals surface area contributed by atoms with Crippen LogP contribution in [0.3, 0.4) is 0 Å². The van der Waals surface area contributed by atoms with Gasteiger partial charge in [-0.2, -0.15) is 0 Å². The van der Waals surface area contributed by atoms with Crippen LogP contribution in [0, 0.1) is 0 Å². The van der Waals surface area contributed by atoms with E-state index in [1.165, 1.54) is 32.3 Å². The maximum absolute atomic E-state index is 16.4. The summed E-state index contributed by atoms with van der Waals surface area (Å²) in [5, 5.41) is 15.2. The molecule has 5 nitrogen and oxygen atoms in total. The highest BCUT2D eigenvalue weighted by atomic mass is 31.2. The number of pyridine rings is 2. The van der Waals surface area contributed by atoms with Crippen molar-refractivity contribution >= 4 is 121 Å². The van der Waals surface area contributed by atoms with E-state index < -0.39 is 7.14 Å². The molecular formula is C52H29N2O3P. The van der Waals surface area contributed by atoms with Gasteiger partial charge < -0.3 is 13.4 Å². The van der Waals surface area contributed by atoms with Crippen molar-refractivity contribution in [2.75, 3.05) is 0 Å². The van der Waals surface area contributed by atoms with Crippen LogP contribution in [-0.2, 0) is 4.57 Å². The minimum Gasteiger partial charge on any atom is -0.438 e. The Morgan fingerprint density at radius 3 is 1.48 bits per heavy atom. The Kier molecular flexibility index (Phi) is 6.37. The topological polar surface area (TPSA) is 69.1 Å². The van der Waals surface area contributed by atoms with Gasteiger partial charge in [0, 0.05) is 48.2 Å². The lowest BCUT2D eigenvalue weighted by Crippen LogP contribution is -2.25. The van der Waals surface area contributed by atoms with Gasteiger partial charge in [-0.3, -0.25) is 0 Å². The van der Waals surface area contributed by atoms with Gasteiger partial charge in [0.25, 0.3) is 0 Å². The molecule has 0 aliphatic rings. The number of furan rings is 2. The first-order valence-electron chi connectivity index (χ1n) is 19.4. The molecule has 58 heavy (non-hydrogen) atoms. The van der Waals surface area contributed by atoms with Crippen LogP contribution >= 0.6 is 7.14 Å². The number of benzene rings is 9. The number of aromatic nitrogens is 2. The summed E-state index contributed by atoms with van der Waals surface area (Å²) in [7, 11) is -3.52. The maximum atomic E-state index is 16.4. The Labute approximate surface area is 330 Å². The van der Waals surface area contributed by atoms with Crippen LogP contribution < -0.4 is 15.9 Å². The van der Waals surface area contributed by atoms with Crippen molar-refractivity contribution in [1.82, 2.24) is 9.97 Å². The Bertz CT molecular complexity index is 3730. The van der Waals surface area contributed by atoms with Gasteiger partial charge in [0.15, 0.2) is 7.14 Å². The Balaban J connectivity index is 1.03. The lowest BCUT2D eigenvalue weighted by Gasteiger charge is -2.21. The highest BCUT2D eigenvalue weighted by Gasteiger charge is 2.32. The fourth-order valence-corrected chi connectivity index (χ4v) is 11.9. The molecule has 9 aromatic carbocycles. The van der Waals surface area contributed by atoms with E-state index in [1.54, 1.807) is 0 Å². The number of hydrogen-bond acceptors (Lipinski definition) is 5. The third-order valence-electron chi connectivity index (χ3n) is 12.1. The molecule has 0 atom stereocenters. The van der Waals surface area contributed by atoms with Crippen LogP contribution in [0.1, 0.15) is 0 Å². The summed E-state index contributed by atoms with van der Waals surface area (Å²) in [6.45, 7) is 0. The van der Waals surface area contributed by atoms with Gasteiger partial charge in [-0.1, -0.05) is 115 Å². The standard InChI is InChI=1S/C52H29N2O3P/c55-58(37-20-24-47-41(28-37)43-26-34-6-1-3-10-45(34)53-51(43)56-47,38-21-25-48-42(29-38)44-27-35-7-2-4-11-46(35)54-52(44)57-48)36-18-14-30(15-19-36)39-22-16-33-13-12-31-8-5-9-32-17-23-40(39)50(33)49(31)32/h1-29H. The van der Waals surface area contributed by atoms with Gasteiger partial charge in [0.1, 0.15) is 11.2 Å². The SMILES string of the molecule is O=P(c1ccc(-c2ccc3ccc4cccc5ccc2c3c45)cc1)(c1ccc2oc3nc4ccccc4cc3c2c1)c1ccc2oc3nc4ccccc4cc3c2c1. The molecular weight excluding hydrogens is 732 g/mol. The first-order valence-corrected chi connectivity index (χ1v) is 21.1. The molecule has 0 amide bonds. The van der Waals surface area contributed by atoms with Crippen molar-refractivity contribution in [3.05, 3.63) is 176 Å². The van der Waals surface area contributed by atoms with E-state index in [0.717, 1.165) is 59.8 Å². The van der Waals surface area contributed by atoms with Gasteiger partial charge in [0.2, 0.25) is 11.4 Å². The lowest BCUT2D eigenvalue weighted by atomic mass is 9.90. The first kappa shape index (κ1) is 31.8. The largest absolute Gasteiger partial charge is 0.438 e. The predicted octanol–water partition coefficient (Wildman–Crippen LogP) is 12.8. The molecule has 0 fully saturated rings. The highest BCUT2D eigenvalue weighted by Crippen LogP contribution is 2.46. The molecule has 0 aliphatic carbocycles. The minimum absolute atomic E-state index is 0.560. The molecule has 0 saturated heterocycles. The van der Waals surface area contributed by atoms with Crippen molar-refractivity contribution in [3.8, 4) is 11.1 Å². The van der Waals surface area contributed by atoms with E-state index in [2.05, 4.69) is 91.0 Å². The molecule has 0 aliphatic heterocycles. The van der Waals surface area contributed by atoms with E-state index in [0.29, 0.717) is 33.2 Å². The van der Waals surface area contributed by atoms with E-state index in [4.69, 9.17) is 18.8 Å². The van der Waals surface area contributed by atoms with E-state index >= 15 is 4.57 Å². The number of hydrogen-bond donors (Lipinski definition) is 0. The summed E-state index contributed by atoms with van der Waals surface area (Å²) in [5.41, 5.74) is 6.47. The van der Waals surface area contributed by atoms with Crippen LogP contribution in [-0.4, -0.2) is 9.97 Å². The molecule has 13 rings (SSSR count). The van der Waals surface area contributed by atoms with Crippen molar-refractivity contribution in [2.45, 2.75) is 0 Å². The van der Waals surface area contributed by atoms with E-state index in [9.17, 15) is 0 Å². The summed E-state index contributed by atoms with van der Waals surface area (Å²) >= 11 is 0. The minimum atomic E-state index is -3.52. The number of rotatable bonds is 4. The van der Waals surface area contributed by atoms with Crippen molar-refractivity contribution in [2.24, 2.45) is 0 Å². The third-order valence-corrected chi connectivity index (χ3v) is 15.1. The Morgan fingerprint density at radius 1 is 0.379 bits per heavy atom. The Hall–Kier alpha value is -7.33. The van der Waals surface area contributed by atoms with Gasteiger partial charge in [-0.25, -0.2) is 9.97 Å². The number of nitrogens with zero attached hydrogens (tertiary/aromatic N) is 2. The zero-order chi connectivity index (χ0) is 38.1. The van der Waals surface area contributed by atoms with Crippen LogP contribution in [0.2, 0.25) is 0 Å². The van der Waals surface area contributed by atoms with Crippen molar-refractivity contribution in [1.29, 1.82) is 0 Å². The average Bonchev–Trinajstić information content (AvgIpc) is 3.82. The summed E-state index contributed by atoms with van der Waals surface area (Å²) in [4.78, 5) is 9.67. The lowest BCUT2D eigenvalue weighted by molar-refractivity contribution is 0.592. The molecule has 0 saturated carbocycles. The monoisotopic (exact) mass is 760 g/mol. The summed E-state index contributed by atoms with van der Waals surface area (Å²) in [5.74, 6) is 0. The van der Waals surface area contributed by atoms with Crippen LogP contribution in [0.15, 0.2) is 185 Å². The smallest absolute Gasteiger partial charge is 0.227 e. The van der Waals surface area contributed by atoms with E-state index in [-0.39, 0.29) is 0 Å². The van der Waals surface area contributed by atoms with Crippen LogP contribution in [0.5, 0.6) is 0 Å². The second-order valence-corrected chi connectivity index (χ2v) is 18.0. The quantitative estimate of drug-likeness (QED) is 0.132. The zero-order valence-electron chi connectivity index (χ0n) is 30.8. The highest BCUT2D eigenvalue weighted by molar-refractivity contribution is 7.85. The second-order valence-electron chi connectivity index (χ2n) is 15.3. The van der Waals surface area contributed by atoms with Gasteiger partial charge in [-0.05, 0) is 104 Å². The first-order chi connectivity index (χ1) is 28.6. The third kappa shape index (κ3) is 4.45. The summed E-state index contributed by atoms with van der Waals surface area (Å²) < 4.78 is 29.0. The molecule has 0 N–H and O–H groups in total. The summed E-state index contributed by atoms with van der Waals surface area (Å²) in [6, 6.07) is 60.3. The second kappa shape index (κ2) is 11.6. The zero-order valence-corrected chi connectivity index (χ0v) is 31.7. The van der Waals surface area contributed by atoms with Crippen molar-refractivity contribution in [3.63, 3.8) is 0 Å². The Morgan fingerprint density at radius 2 is 0.879 bits per heavy atom. The molecule has 0 bridgehead atoms. The van der Waals surface area contributed by atoms with Crippen molar-refractivity contribution < 1.29 is 13.4 Å². The maximum Gasteiger partial charge on any atom is 0.227 e. The molecule has 0 spiro atoms. The molecule has 13 aromatic rings. The molecule has 6 heteroatoms.